The van der Waals surface area contributed by atoms with Gasteiger partial charge in [-0.25, -0.2) is 0 Å². The van der Waals surface area contributed by atoms with Crippen LogP contribution in [0.25, 0.3) is 0 Å². The molecule has 1 fully saturated rings. The second-order valence-corrected chi connectivity index (χ2v) is 5.00. The third-order valence-electron chi connectivity index (χ3n) is 3.40. The Morgan fingerprint density at radius 1 is 0.733 bits per heavy atom. The van der Waals surface area contributed by atoms with E-state index >= 15 is 0 Å². The van der Waals surface area contributed by atoms with Crippen LogP contribution in [-0.2, 0) is 0 Å². The van der Waals surface area contributed by atoms with Gasteiger partial charge in [-0.1, -0.05) is 91.4 Å². The summed E-state index contributed by atoms with van der Waals surface area (Å²) in [6.45, 7) is 6.72. The first-order valence-corrected chi connectivity index (χ1v) is 7.35. The van der Waals surface area contributed by atoms with Crippen LogP contribution in [0.3, 0.4) is 0 Å². The van der Waals surface area contributed by atoms with E-state index in [-0.39, 0.29) is 0 Å². The highest BCUT2D eigenvalue weighted by molar-refractivity contribution is 4.65. The van der Waals surface area contributed by atoms with Crippen LogP contribution < -0.4 is 0 Å². The van der Waals surface area contributed by atoms with Crippen molar-refractivity contribution in [2.45, 2.75) is 91.4 Å². The monoisotopic (exact) mass is 212 g/mol. The molecule has 0 heterocycles. The average molecular weight is 212 g/mol. The van der Waals surface area contributed by atoms with Crippen LogP contribution in [0, 0.1) is 5.92 Å². The van der Waals surface area contributed by atoms with Crippen LogP contribution in [0.5, 0.6) is 0 Å². The lowest BCUT2D eigenvalue weighted by Gasteiger charge is -2.20. The van der Waals surface area contributed by atoms with Crippen molar-refractivity contribution in [3.05, 3.63) is 0 Å². The van der Waals surface area contributed by atoms with Crippen molar-refractivity contribution in [3.8, 4) is 0 Å². The first kappa shape index (κ1) is 15.0. The summed E-state index contributed by atoms with van der Waals surface area (Å²) >= 11 is 0. The summed E-state index contributed by atoms with van der Waals surface area (Å²) in [5, 5.41) is 0. The lowest BCUT2D eigenvalue weighted by molar-refractivity contribution is 0.331. The van der Waals surface area contributed by atoms with E-state index in [1.54, 1.807) is 0 Å². The molecule has 1 aliphatic rings. The van der Waals surface area contributed by atoms with Gasteiger partial charge in [-0.15, -0.1) is 0 Å². The summed E-state index contributed by atoms with van der Waals surface area (Å²) in [6.07, 6.45) is 16.0. The quantitative estimate of drug-likeness (QED) is 0.528. The van der Waals surface area contributed by atoms with E-state index in [4.69, 9.17) is 0 Å². The summed E-state index contributed by atoms with van der Waals surface area (Å²) in [7, 11) is 0. The zero-order valence-electron chi connectivity index (χ0n) is 11.4. The lowest BCUT2D eigenvalue weighted by Crippen LogP contribution is -2.05. The van der Waals surface area contributed by atoms with Crippen molar-refractivity contribution < 1.29 is 0 Å². The van der Waals surface area contributed by atoms with Crippen molar-refractivity contribution in [1.29, 1.82) is 0 Å². The molecule has 15 heavy (non-hydrogen) atoms. The van der Waals surface area contributed by atoms with Crippen molar-refractivity contribution in [1.82, 2.24) is 0 Å². The van der Waals surface area contributed by atoms with Gasteiger partial charge in [0.1, 0.15) is 0 Å². The van der Waals surface area contributed by atoms with E-state index in [0.29, 0.717) is 0 Å². The van der Waals surface area contributed by atoms with Gasteiger partial charge in [0.15, 0.2) is 0 Å². The molecule has 0 aromatic rings. The molecular weight excluding hydrogens is 180 g/mol. The first-order valence-electron chi connectivity index (χ1n) is 7.35. The highest BCUT2D eigenvalue weighted by atomic mass is 14.2. The van der Waals surface area contributed by atoms with Crippen molar-refractivity contribution >= 4 is 0 Å². The van der Waals surface area contributed by atoms with Crippen molar-refractivity contribution in [2.24, 2.45) is 5.92 Å². The van der Waals surface area contributed by atoms with E-state index in [9.17, 15) is 0 Å². The Balaban J connectivity index is 0.000000336. The smallest absolute Gasteiger partial charge is 0.0414 e. The molecule has 0 unspecified atom stereocenters. The van der Waals surface area contributed by atoms with Crippen LogP contribution in [0.15, 0.2) is 0 Å². The molecule has 0 bridgehead atoms. The Hall–Kier alpha value is 0. The Morgan fingerprint density at radius 2 is 1.27 bits per heavy atom. The lowest BCUT2D eigenvalue weighted by atomic mass is 9.86. The molecule has 0 radical (unpaired) electrons. The first-order chi connectivity index (χ1) is 7.35. The number of hydrogen-bond acceptors (Lipinski definition) is 0. The van der Waals surface area contributed by atoms with Gasteiger partial charge in [-0.3, -0.25) is 0 Å². The molecule has 1 saturated carbocycles. The van der Waals surface area contributed by atoms with Crippen LogP contribution in [0.1, 0.15) is 91.4 Å². The minimum Gasteiger partial charge on any atom is -0.0654 e. The molecule has 1 rings (SSSR count). The van der Waals surface area contributed by atoms with Crippen LogP contribution in [-0.4, -0.2) is 0 Å². The minimum absolute atomic E-state index is 1.11. The van der Waals surface area contributed by atoms with E-state index in [2.05, 4.69) is 20.8 Å². The zero-order chi connectivity index (χ0) is 11.4. The normalized spacial score (nSPS) is 17.0. The predicted molar refractivity (Wildman–Crippen MR) is 71.3 cm³/mol. The van der Waals surface area contributed by atoms with Gasteiger partial charge in [-0.05, 0) is 5.92 Å². The van der Waals surface area contributed by atoms with Gasteiger partial charge in [0.05, 0.1) is 0 Å². The SMILES string of the molecule is CCCCC.CCCCC1CCCCC1. The maximum absolute atomic E-state index is 2.29. The molecule has 0 aromatic heterocycles. The highest BCUT2D eigenvalue weighted by Crippen LogP contribution is 2.27. The molecule has 0 aliphatic heterocycles. The molecule has 0 heteroatoms. The van der Waals surface area contributed by atoms with Gasteiger partial charge in [0.25, 0.3) is 0 Å². The molecule has 0 saturated heterocycles. The van der Waals surface area contributed by atoms with E-state index in [1.165, 1.54) is 70.6 Å². The summed E-state index contributed by atoms with van der Waals surface area (Å²) in [4.78, 5) is 0. The molecular formula is C15H32. The van der Waals surface area contributed by atoms with Gasteiger partial charge in [-0.2, -0.15) is 0 Å². The van der Waals surface area contributed by atoms with E-state index in [1.807, 2.05) is 0 Å². The minimum atomic E-state index is 1.11. The Morgan fingerprint density at radius 3 is 1.67 bits per heavy atom. The fourth-order valence-corrected chi connectivity index (χ4v) is 2.32. The Labute approximate surface area is 97.8 Å². The third kappa shape index (κ3) is 10.3. The number of hydrogen-bond donors (Lipinski definition) is 0. The molecule has 0 N–H and O–H groups in total. The predicted octanol–water partition coefficient (Wildman–Crippen LogP) is 5.95. The molecule has 0 spiro atoms. The molecule has 0 amide bonds. The van der Waals surface area contributed by atoms with Gasteiger partial charge in [0.2, 0.25) is 0 Å². The van der Waals surface area contributed by atoms with Crippen molar-refractivity contribution in [3.63, 3.8) is 0 Å². The number of unbranched alkanes of at least 4 members (excludes halogenated alkanes) is 3. The molecule has 0 nitrogen and oxygen atoms in total. The largest absolute Gasteiger partial charge is 0.0654 e. The fraction of sp³-hybridized carbons (Fsp3) is 1.00. The molecule has 92 valence electrons. The summed E-state index contributed by atoms with van der Waals surface area (Å²) < 4.78 is 0. The molecule has 0 atom stereocenters. The number of rotatable bonds is 5. The average Bonchev–Trinajstić information content (AvgIpc) is 2.30. The van der Waals surface area contributed by atoms with E-state index < -0.39 is 0 Å². The second-order valence-electron chi connectivity index (χ2n) is 5.00. The summed E-state index contributed by atoms with van der Waals surface area (Å²) in [5.41, 5.74) is 0. The third-order valence-corrected chi connectivity index (χ3v) is 3.40. The second kappa shape index (κ2) is 12.1. The topological polar surface area (TPSA) is 0 Å². The van der Waals surface area contributed by atoms with E-state index in [0.717, 1.165) is 5.92 Å². The Bertz CT molecular complexity index is 98.6. The fourth-order valence-electron chi connectivity index (χ4n) is 2.32. The maximum Gasteiger partial charge on any atom is -0.0414 e. The summed E-state index contributed by atoms with van der Waals surface area (Å²) in [5.74, 6) is 1.11. The standard InChI is InChI=1S/C10H20.C5H12/c1-2-3-7-10-8-5-4-6-9-10;1-3-5-4-2/h10H,2-9H2,1H3;3-5H2,1-2H3. The molecule has 1 aliphatic carbocycles. The molecule has 0 aromatic carbocycles. The zero-order valence-corrected chi connectivity index (χ0v) is 11.4. The Kier molecular flexibility index (Phi) is 12.1. The van der Waals surface area contributed by atoms with Gasteiger partial charge >= 0.3 is 0 Å². The van der Waals surface area contributed by atoms with Crippen LogP contribution in [0.2, 0.25) is 0 Å². The van der Waals surface area contributed by atoms with Crippen molar-refractivity contribution in [2.75, 3.05) is 0 Å². The van der Waals surface area contributed by atoms with Gasteiger partial charge in [0, 0.05) is 0 Å². The maximum atomic E-state index is 2.29. The van der Waals surface area contributed by atoms with Crippen LogP contribution in [0.4, 0.5) is 0 Å². The summed E-state index contributed by atoms with van der Waals surface area (Å²) in [6, 6.07) is 0. The van der Waals surface area contributed by atoms with Gasteiger partial charge < -0.3 is 0 Å². The highest BCUT2D eigenvalue weighted by Gasteiger charge is 2.11. The van der Waals surface area contributed by atoms with Crippen LogP contribution >= 0.6 is 0 Å².